The van der Waals surface area contributed by atoms with Crippen molar-refractivity contribution in [2.75, 3.05) is 0 Å². The molecule has 2 aliphatic rings. The number of hydrogen-bond acceptors (Lipinski definition) is 4. The quantitative estimate of drug-likeness (QED) is 0.215. The number of aromatic amines is 2. The van der Waals surface area contributed by atoms with E-state index in [1.54, 1.807) is 13.8 Å². The monoisotopic (exact) mass is 598 g/mol. The zero-order chi connectivity index (χ0) is 32.3. The number of H-pyrrole nitrogens is 2. The first kappa shape index (κ1) is 31.9. The third-order valence-corrected chi connectivity index (χ3v) is 8.34. The molecule has 0 spiro atoms. The summed E-state index contributed by atoms with van der Waals surface area (Å²) in [5.74, 6) is 4.21. The summed E-state index contributed by atoms with van der Waals surface area (Å²) in [5.41, 5.74) is 10.3. The Bertz CT molecular complexity index is 1640. The maximum absolute atomic E-state index is 12.3. The van der Waals surface area contributed by atoms with Gasteiger partial charge >= 0.3 is 11.9 Å². The van der Waals surface area contributed by atoms with E-state index in [9.17, 15) is 29.4 Å². The maximum atomic E-state index is 12.3. The van der Waals surface area contributed by atoms with Gasteiger partial charge in [-0.3, -0.25) is 19.2 Å². The highest BCUT2D eigenvalue weighted by Gasteiger charge is 2.25. The fourth-order valence-electron chi connectivity index (χ4n) is 5.73. The van der Waals surface area contributed by atoms with Gasteiger partial charge in [0.2, 0.25) is 0 Å². The van der Waals surface area contributed by atoms with E-state index in [-0.39, 0.29) is 37.5 Å². The number of allylic oxidation sites excluding steroid dienone is 2. The number of carbonyl (C=O) groups is 4. The van der Waals surface area contributed by atoms with Crippen LogP contribution in [0.2, 0.25) is 0 Å². The first-order chi connectivity index (χ1) is 20.9. The summed E-state index contributed by atoms with van der Waals surface area (Å²) in [4.78, 5) is 54.2. The second-order valence-electron chi connectivity index (χ2n) is 11.0. The van der Waals surface area contributed by atoms with Crippen LogP contribution < -0.4 is 10.6 Å². The van der Waals surface area contributed by atoms with Gasteiger partial charge in [-0.2, -0.15) is 0 Å². The van der Waals surface area contributed by atoms with Gasteiger partial charge in [0.1, 0.15) is 0 Å². The lowest BCUT2D eigenvalue weighted by atomic mass is 10.0. The molecule has 230 valence electrons. The smallest absolute Gasteiger partial charge is 0.303 e. The summed E-state index contributed by atoms with van der Waals surface area (Å²) in [7, 11) is 0. The highest BCUT2D eigenvalue weighted by molar-refractivity contribution is 6.01. The van der Waals surface area contributed by atoms with Crippen LogP contribution in [0.5, 0.6) is 0 Å². The Morgan fingerprint density at radius 1 is 0.682 bits per heavy atom. The van der Waals surface area contributed by atoms with Crippen LogP contribution in [0, 0.1) is 25.7 Å². The van der Waals surface area contributed by atoms with Crippen LogP contribution in [0.25, 0.3) is 12.2 Å². The normalized spacial score (nSPS) is 16.6. The Morgan fingerprint density at radius 2 is 1.05 bits per heavy atom. The molecular formula is C34H38N4O6. The number of rotatable bonds is 10. The average Bonchev–Trinajstić information content (AvgIpc) is 3.62. The third-order valence-electron chi connectivity index (χ3n) is 8.34. The lowest BCUT2D eigenvalue weighted by Gasteiger charge is -2.03. The molecule has 0 saturated heterocycles. The molecule has 44 heavy (non-hydrogen) atoms. The Kier molecular flexibility index (Phi) is 9.48. The molecular weight excluding hydrogens is 560 g/mol. The minimum atomic E-state index is -0.928. The number of carboxylic acid groups (broad SMARTS) is 2. The van der Waals surface area contributed by atoms with Crippen LogP contribution in [0.15, 0.2) is 33.7 Å². The molecule has 2 aliphatic heterocycles. The number of aliphatic carboxylic acids is 2. The zero-order valence-electron chi connectivity index (χ0n) is 25.9. The number of carbonyl (C=O) groups excluding carboxylic acids is 2. The number of nitrogens with one attached hydrogen (secondary N) is 4. The molecule has 10 nitrogen and oxygen atoms in total. The second-order valence-corrected chi connectivity index (χ2v) is 11.0. The number of amides is 2. The summed E-state index contributed by atoms with van der Waals surface area (Å²) in [5, 5.41) is 24.6. The van der Waals surface area contributed by atoms with Crippen LogP contribution in [0.4, 0.5) is 0 Å². The third kappa shape index (κ3) is 6.47. The molecule has 0 aromatic carbocycles. The van der Waals surface area contributed by atoms with Gasteiger partial charge in [-0.15, -0.1) is 0 Å². The molecule has 10 heteroatoms. The van der Waals surface area contributed by atoms with Crippen LogP contribution in [-0.2, 0) is 32.0 Å². The van der Waals surface area contributed by atoms with Crippen molar-refractivity contribution in [3.63, 3.8) is 0 Å². The molecule has 0 saturated carbocycles. The van der Waals surface area contributed by atoms with Crippen molar-refractivity contribution < 1.29 is 29.4 Å². The molecule has 6 N–H and O–H groups in total. The molecule has 4 rings (SSSR count). The number of hydrogen-bond donors (Lipinski definition) is 6. The van der Waals surface area contributed by atoms with E-state index in [0.29, 0.717) is 46.8 Å². The molecule has 0 bridgehead atoms. The molecule has 0 aliphatic carbocycles. The van der Waals surface area contributed by atoms with Crippen LogP contribution >= 0.6 is 0 Å². The van der Waals surface area contributed by atoms with Crippen molar-refractivity contribution in [1.82, 2.24) is 20.6 Å². The van der Waals surface area contributed by atoms with Gasteiger partial charge in [0.25, 0.3) is 11.8 Å². The van der Waals surface area contributed by atoms with E-state index in [1.807, 2.05) is 39.8 Å². The summed E-state index contributed by atoms with van der Waals surface area (Å²) < 4.78 is 0. The van der Waals surface area contributed by atoms with Crippen LogP contribution in [0.3, 0.4) is 0 Å². The van der Waals surface area contributed by atoms with E-state index >= 15 is 0 Å². The first-order valence-corrected chi connectivity index (χ1v) is 14.7. The van der Waals surface area contributed by atoms with Crippen molar-refractivity contribution in [3.05, 3.63) is 78.7 Å². The Balaban J connectivity index is 1.81. The van der Waals surface area contributed by atoms with Gasteiger partial charge in [-0.1, -0.05) is 13.8 Å². The van der Waals surface area contributed by atoms with Crippen molar-refractivity contribution in [2.24, 2.45) is 0 Å². The average molecular weight is 599 g/mol. The maximum Gasteiger partial charge on any atom is 0.303 e. The minimum absolute atomic E-state index is 0.0824. The van der Waals surface area contributed by atoms with Gasteiger partial charge in [-0.25, -0.2) is 0 Å². The van der Waals surface area contributed by atoms with E-state index < -0.39 is 11.9 Å². The van der Waals surface area contributed by atoms with Crippen LogP contribution in [0.1, 0.15) is 98.4 Å². The van der Waals surface area contributed by atoms with E-state index in [4.69, 9.17) is 0 Å². The fourth-order valence-corrected chi connectivity index (χ4v) is 5.73. The predicted molar refractivity (Wildman–Crippen MR) is 167 cm³/mol. The molecule has 4 heterocycles. The fraction of sp³-hybridized carbons (Fsp3) is 0.353. The largest absolute Gasteiger partial charge is 0.481 e. The molecule has 2 aromatic heterocycles. The van der Waals surface area contributed by atoms with E-state index in [2.05, 4.69) is 32.4 Å². The predicted octanol–water partition coefficient (Wildman–Crippen LogP) is 4.79. The van der Waals surface area contributed by atoms with Crippen molar-refractivity contribution in [2.45, 2.75) is 80.1 Å². The second kappa shape index (κ2) is 13.1. The SMILES string of the molecule is CCC1=C(C)C(=O)N/C1=C\c1[nH]c(C#Cc2[nH]c(/C=C3\NC(=O)C(C)=C3CC)c(C)c2CCC(=O)O)c(CCC(=O)O)c1C. The molecule has 2 aromatic rings. The lowest BCUT2D eigenvalue weighted by molar-refractivity contribution is -0.138. The Hall–Kier alpha value is -5.04. The van der Waals surface area contributed by atoms with Gasteiger partial charge in [-0.05, 0) is 111 Å². The van der Waals surface area contributed by atoms with Crippen LogP contribution in [-0.4, -0.2) is 43.9 Å². The highest BCUT2D eigenvalue weighted by atomic mass is 16.4. The Morgan fingerprint density at radius 3 is 1.36 bits per heavy atom. The molecule has 0 fully saturated rings. The van der Waals surface area contributed by atoms with E-state index in [1.165, 1.54) is 0 Å². The topological polar surface area (TPSA) is 164 Å². The van der Waals surface area contributed by atoms with Crippen molar-refractivity contribution >= 4 is 35.9 Å². The summed E-state index contributed by atoms with van der Waals surface area (Å²) in [6, 6.07) is 0. The lowest BCUT2D eigenvalue weighted by Crippen LogP contribution is -2.15. The highest BCUT2D eigenvalue weighted by Crippen LogP contribution is 2.30. The molecule has 0 unspecified atom stereocenters. The van der Waals surface area contributed by atoms with Crippen molar-refractivity contribution in [1.29, 1.82) is 0 Å². The van der Waals surface area contributed by atoms with Gasteiger partial charge < -0.3 is 30.8 Å². The summed E-state index contributed by atoms with van der Waals surface area (Å²) in [6.07, 6.45) is 5.42. The number of carboxylic acids is 2. The molecule has 0 radical (unpaired) electrons. The Labute approximate surface area is 256 Å². The van der Waals surface area contributed by atoms with Crippen molar-refractivity contribution in [3.8, 4) is 11.8 Å². The minimum Gasteiger partial charge on any atom is -0.481 e. The number of aromatic nitrogens is 2. The zero-order valence-corrected chi connectivity index (χ0v) is 25.9. The van der Waals surface area contributed by atoms with E-state index in [0.717, 1.165) is 44.8 Å². The van der Waals surface area contributed by atoms with Gasteiger partial charge in [0, 0.05) is 46.8 Å². The van der Waals surface area contributed by atoms with Gasteiger partial charge in [0.05, 0.1) is 11.4 Å². The summed E-state index contributed by atoms with van der Waals surface area (Å²) >= 11 is 0. The molecule has 0 atom stereocenters. The van der Waals surface area contributed by atoms with Gasteiger partial charge in [0.15, 0.2) is 0 Å². The molecule has 2 amide bonds. The standard InChI is InChI=1S/C34H38N4O6/c1-7-21-19(5)33(43)37-29(21)15-27-17(3)23(9-13-31(39)40)25(35-27)11-12-26-24(10-14-32(41)42)18(4)28(36-26)16-30-22(8-2)20(6)34(44)38-30/h15-16,35-36H,7-10,13-14H2,1-6H3,(H,37,43)(H,38,44)(H,39,40)(H,41,42)/b29-15-,30-16-. The summed E-state index contributed by atoms with van der Waals surface area (Å²) in [6.45, 7) is 11.3. The first-order valence-electron chi connectivity index (χ1n) is 14.7.